The predicted octanol–water partition coefficient (Wildman–Crippen LogP) is 13.4. The van der Waals surface area contributed by atoms with E-state index in [1.807, 2.05) is 14.1 Å². The molecule has 302 valence electrons. The van der Waals surface area contributed by atoms with Crippen molar-refractivity contribution in [2.45, 2.75) is 205 Å². The second kappa shape index (κ2) is 36.4. The molecule has 2 unspecified atom stereocenters. The minimum absolute atomic E-state index is 0.00225. The normalized spacial score (nSPS) is 16.9. The second-order valence-electron chi connectivity index (χ2n) is 15.7. The van der Waals surface area contributed by atoms with Crippen LogP contribution in [0.3, 0.4) is 0 Å². The summed E-state index contributed by atoms with van der Waals surface area (Å²) in [5.41, 5.74) is 7.48. The van der Waals surface area contributed by atoms with E-state index in [-0.39, 0.29) is 17.9 Å². The quantitative estimate of drug-likeness (QED) is 0.0377. The summed E-state index contributed by atoms with van der Waals surface area (Å²) in [6.45, 7) is 7.64. The van der Waals surface area contributed by atoms with Crippen molar-refractivity contribution in [3.05, 3.63) is 48.6 Å². The standard InChI is InChI=1S/C46H86N4O2/c1-5-7-9-11-13-15-17-19-21-23-25-27-29-31-33-35-38-46(51-43-45(52-46)37-40-48-41-44(49-47)42-50(3)4)39-36-34-32-30-28-26-24-22-20-18-16-14-12-10-8-6-2/h13-16,19-22,44-45,47-48H,5-12,17-18,23-43H2,1-4H3/b15-13-,16-14-,21-19-,22-20-,49-47?. The number of hydrogen-bond acceptors (Lipinski definition) is 6. The van der Waals surface area contributed by atoms with E-state index in [0.717, 1.165) is 51.7 Å². The van der Waals surface area contributed by atoms with E-state index in [1.54, 1.807) is 0 Å². The first kappa shape index (κ1) is 48.4. The maximum Gasteiger partial charge on any atom is 0.168 e. The monoisotopic (exact) mass is 727 g/mol. The van der Waals surface area contributed by atoms with Gasteiger partial charge in [0.2, 0.25) is 0 Å². The molecule has 6 nitrogen and oxygen atoms in total. The summed E-state index contributed by atoms with van der Waals surface area (Å²) in [7, 11) is 4.07. The van der Waals surface area contributed by atoms with Gasteiger partial charge in [0.25, 0.3) is 0 Å². The fourth-order valence-electron chi connectivity index (χ4n) is 7.02. The lowest BCUT2D eigenvalue weighted by Crippen LogP contribution is -2.35. The van der Waals surface area contributed by atoms with Crippen LogP contribution in [0.5, 0.6) is 0 Å². The number of nitrogens with one attached hydrogen (secondary N) is 2. The van der Waals surface area contributed by atoms with Crippen LogP contribution in [0.25, 0.3) is 0 Å². The zero-order valence-corrected chi connectivity index (χ0v) is 34.9. The van der Waals surface area contributed by atoms with E-state index in [2.05, 4.69) is 77.8 Å². The molecule has 0 radical (unpaired) electrons. The van der Waals surface area contributed by atoms with Crippen LogP contribution in [0.15, 0.2) is 53.7 Å². The van der Waals surface area contributed by atoms with Crippen molar-refractivity contribution in [3.8, 4) is 0 Å². The average molecular weight is 727 g/mol. The zero-order valence-electron chi connectivity index (χ0n) is 34.9. The Balaban J connectivity index is 2.31. The molecule has 0 aromatic rings. The molecule has 0 saturated carbocycles. The minimum atomic E-state index is -0.390. The largest absolute Gasteiger partial charge is 0.347 e. The van der Waals surface area contributed by atoms with E-state index in [4.69, 9.17) is 15.0 Å². The van der Waals surface area contributed by atoms with Crippen LogP contribution in [0.1, 0.15) is 187 Å². The second-order valence-corrected chi connectivity index (χ2v) is 15.7. The summed E-state index contributed by atoms with van der Waals surface area (Å²) >= 11 is 0. The topological polar surface area (TPSA) is 69.9 Å². The number of unbranched alkanes of at least 4 members (excludes halogenated alkanes) is 18. The lowest BCUT2D eigenvalue weighted by molar-refractivity contribution is -0.179. The molecule has 0 aliphatic carbocycles. The summed E-state index contributed by atoms with van der Waals surface area (Å²) in [5, 5.41) is 7.29. The van der Waals surface area contributed by atoms with E-state index in [1.165, 1.54) is 141 Å². The number of ether oxygens (including phenoxy) is 2. The van der Waals surface area contributed by atoms with Crippen LogP contribution in [0.2, 0.25) is 0 Å². The third kappa shape index (κ3) is 29.8. The molecule has 2 N–H and O–H groups in total. The first-order chi connectivity index (χ1) is 25.5. The molecule has 2 atom stereocenters. The number of nitrogens with zero attached hydrogens (tertiary/aromatic N) is 2. The molecule has 0 amide bonds. The van der Waals surface area contributed by atoms with E-state index < -0.39 is 0 Å². The molecule has 1 rings (SSSR count). The number of hydrogen-bond donors (Lipinski definition) is 2. The first-order valence-corrected chi connectivity index (χ1v) is 22.2. The van der Waals surface area contributed by atoms with Crippen LogP contribution in [-0.2, 0) is 9.47 Å². The summed E-state index contributed by atoms with van der Waals surface area (Å²) in [6.07, 6.45) is 52.5. The van der Waals surface area contributed by atoms with Gasteiger partial charge in [-0.15, -0.1) is 0 Å². The Kier molecular flexibility index (Phi) is 33.9. The molecule has 1 heterocycles. The maximum absolute atomic E-state index is 7.48. The van der Waals surface area contributed by atoms with Gasteiger partial charge in [-0.25, -0.2) is 5.53 Å². The molecule has 1 saturated heterocycles. The van der Waals surface area contributed by atoms with Crippen molar-refractivity contribution in [2.24, 2.45) is 5.11 Å². The average Bonchev–Trinajstić information content (AvgIpc) is 3.55. The molecule has 0 bridgehead atoms. The molecule has 1 aliphatic rings. The Morgan fingerprint density at radius 3 is 1.54 bits per heavy atom. The Bertz CT molecular complexity index is 851. The van der Waals surface area contributed by atoms with Gasteiger partial charge in [0, 0.05) is 25.9 Å². The summed E-state index contributed by atoms with van der Waals surface area (Å²) in [6, 6.07) is 0.00225. The van der Waals surface area contributed by atoms with Crippen LogP contribution < -0.4 is 5.32 Å². The highest BCUT2D eigenvalue weighted by Gasteiger charge is 2.40. The van der Waals surface area contributed by atoms with Crippen LogP contribution in [0, 0.1) is 5.53 Å². The van der Waals surface area contributed by atoms with E-state index >= 15 is 0 Å². The number of rotatable bonds is 38. The highest BCUT2D eigenvalue weighted by Crippen LogP contribution is 2.35. The molecule has 1 fully saturated rings. The molecule has 52 heavy (non-hydrogen) atoms. The summed E-state index contributed by atoms with van der Waals surface area (Å²) in [5.74, 6) is -0.390. The molecular weight excluding hydrogens is 641 g/mol. The Morgan fingerprint density at radius 1 is 0.654 bits per heavy atom. The minimum Gasteiger partial charge on any atom is -0.347 e. The molecule has 0 aromatic heterocycles. The molecular formula is C46H86N4O2. The summed E-state index contributed by atoms with van der Waals surface area (Å²) < 4.78 is 13.3. The third-order valence-electron chi connectivity index (χ3n) is 10.2. The Hall–Kier alpha value is -1.60. The molecule has 0 aromatic carbocycles. The highest BCUT2D eigenvalue weighted by molar-refractivity contribution is 4.93. The molecule has 6 heteroatoms. The Morgan fingerprint density at radius 2 is 1.10 bits per heavy atom. The lowest BCUT2D eigenvalue weighted by atomic mass is 9.98. The molecule has 1 aliphatic heterocycles. The van der Waals surface area contributed by atoms with Gasteiger partial charge < -0.3 is 19.7 Å². The lowest BCUT2D eigenvalue weighted by Gasteiger charge is -2.28. The third-order valence-corrected chi connectivity index (χ3v) is 10.2. The predicted molar refractivity (Wildman–Crippen MR) is 226 cm³/mol. The Labute approximate surface area is 323 Å². The van der Waals surface area contributed by atoms with Crippen LogP contribution >= 0.6 is 0 Å². The van der Waals surface area contributed by atoms with Gasteiger partial charge in [-0.1, -0.05) is 140 Å². The zero-order chi connectivity index (χ0) is 37.6. The smallest absolute Gasteiger partial charge is 0.168 e. The van der Waals surface area contributed by atoms with Crippen molar-refractivity contribution in [1.82, 2.24) is 10.2 Å². The SMILES string of the molecule is CCCCC/C=C\C/C=C\CCCCCCCCC1(CCCCCCCC/C=C\C/C=C\CCCCC)OCC(CCNCC(CN(C)C)N=N)O1. The fraction of sp³-hybridized carbons (Fsp3) is 0.826. The summed E-state index contributed by atoms with van der Waals surface area (Å²) in [4.78, 5) is 2.09. The highest BCUT2D eigenvalue weighted by atomic mass is 16.7. The van der Waals surface area contributed by atoms with Gasteiger partial charge in [-0.2, -0.15) is 5.11 Å². The molecule has 0 spiro atoms. The van der Waals surface area contributed by atoms with Crippen LogP contribution in [0.4, 0.5) is 0 Å². The fourth-order valence-corrected chi connectivity index (χ4v) is 7.02. The van der Waals surface area contributed by atoms with Crippen molar-refractivity contribution in [3.63, 3.8) is 0 Å². The van der Waals surface area contributed by atoms with Crippen molar-refractivity contribution in [1.29, 1.82) is 5.53 Å². The van der Waals surface area contributed by atoms with Crippen molar-refractivity contribution < 1.29 is 9.47 Å². The van der Waals surface area contributed by atoms with Gasteiger partial charge in [-0.3, -0.25) is 0 Å². The van der Waals surface area contributed by atoms with Crippen LogP contribution in [-0.4, -0.2) is 63.2 Å². The number of allylic oxidation sites excluding steroid dienone is 8. The first-order valence-electron chi connectivity index (χ1n) is 22.2. The van der Waals surface area contributed by atoms with Gasteiger partial charge in [-0.05, 0) is 104 Å². The maximum atomic E-state index is 7.48. The van der Waals surface area contributed by atoms with Gasteiger partial charge in [0.15, 0.2) is 5.79 Å². The van der Waals surface area contributed by atoms with Gasteiger partial charge in [0.1, 0.15) is 0 Å². The van der Waals surface area contributed by atoms with E-state index in [0.29, 0.717) is 6.61 Å². The van der Waals surface area contributed by atoms with Gasteiger partial charge >= 0.3 is 0 Å². The number of likely N-dealkylation sites (N-methyl/N-ethyl adjacent to an activating group) is 1. The van der Waals surface area contributed by atoms with Gasteiger partial charge in [0.05, 0.1) is 18.8 Å². The van der Waals surface area contributed by atoms with Crippen molar-refractivity contribution in [2.75, 3.05) is 40.3 Å². The van der Waals surface area contributed by atoms with E-state index in [9.17, 15) is 0 Å². The van der Waals surface area contributed by atoms with Crippen molar-refractivity contribution >= 4 is 0 Å².